The van der Waals surface area contributed by atoms with Crippen molar-refractivity contribution >= 4 is 0 Å². The highest BCUT2D eigenvalue weighted by Gasteiger charge is 2.07. The SMILES string of the molecule is COc1cc(C)cc(C)c1CCCCC#N. The summed E-state index contributed by atoms with van der Waals surface area (Å²) in [5, 5.41) is 8.48. The molecule has 0 N–H and O–H groups in total. The molecule has 0 unspecified atom stereocenters. The highest BCUT2D eigenvalue weighted by molar-refractivity contribution is 5.43. The third kappa shape index (κ3) is 3.27. The van der Waals surface area contributed by atoms with Gasteiger partial charge in [0.25, 0.3) is 0 Å². The van der Waals surface area contributed by atoms with Crippen LogP contribution in [0.25, 0.3) is 0 Å². The Morgan fingerprint density at radius 1 is 1.25 bits per heavy atom. The van der Waals surface area contributed by atoms with E-state index in [0.717, 1.165) is 25.0 Å². The maximum atomic E-state index is 8.48. The van der Waals surface area contributed by atoms with E-state index in [9.17, 15) is 0 Å². The second-order valence-corrected chi connectivity index (χ2v) is 4.13. The quantitative estimate of drug-likeness (QED) is 0.707. The van der Waals surface area contributed by atoms with Gasteiger partial charge < -0.3 is 4.74 Å². The van der Waals surface area contributed by atoms with Crippen molar-refractivity contribution in [3.05, 3.63) is 28.8 Å². The molecule has 1 rings (SSSR count). The molecule has 0 radical (unpaired) electrons. The molecule has 0 atom stereocenters. The molecule has 86 valence electrons. The minimum Gasteiger partial charge on any atom is -0.496 e. The van der Waals surface area contributed by atoms with Crippen LogP contribution < -0.4 is 4.74 Å². The fourth-order valence-electron chi connectivity index (χ4n) is 1.97. The highest BCUT2D eigenvalue weighted by atomic mass is 16.5. The fraction of sp³-hybridized carbons (Fsp3) is 0.500. The number of rotatable bonds is 5. The summed E-state index contributed by atoms with van der Waals surface area (Å²) in [6, 6.07) is 6.43. The number of unbranched alkanes of at least 4 members (excludes halogenated alkanes) is 2. The molecule has 0 aliphatic heterocycles. The summed E-state index contributed by atoms with van der Waals surface area (Å²) in [5.41, 5.74) is 3.80. The van der Waals surface area contributed by atoms with Gasteiger partial charge in [-0.2, -0.15) is 5.26 Å². The minimum absolute atomic E-state index is 0.646. The Hall–Kier alpha value is -1.49. The van der Waals surface area contributed by atoms with Crippen LogP contribution in [0.1, 0.15) is 36.0 Å². The number of nitrogens with zero attached hydrogens (tertiary/aromatic N) is 1. The van der Waals surface area contributed by atoms with Gasteiger partial charge in [0.2, 0.25) is 0 Å². The van der Waals surface area contributed by atoms with E-state index in [1.807, 2.05) is 0 Å². The zero-order valence-electron chi connectivity index (χ0n) is 10.3. The van der Waals surface area contributed by atoms with Crippen molar-refractivity contribution in [2.24, 2.45) is 0 Å². The lowest BCUT2D eigenvalue weighted by atomic mass is 9.99. The maximum absolute atomic E-state index is 8.48. The Morgan fingerprint density at radius 3 is 2.62 bits per heavy atom. The number of hydrogen-bond donors (Lipinski definition) is 0. The van der Waals surface area contributed by atoms with Gasteiger partial charge in [-0.3, -0.25) is 0 Å². The molecule has 0 amide bonds. The van der Waals surface area contributed by atoms with Crippen molar-refractivity contribution in [3.63, 3.8) is 0 Å². The Bertz CT molecular complexity index is 390. The maximum Gasteiger partial charge on any atom is 0.122 e. The van der Waals surface area contributed by atoms with Crippen LogP contribution in [-0.4, -0.2) is 7.11 Å². The summed E-state index contributed by atoms with van der Waals surface area (Å²) < 4.78 is 5.40. The van der Waals surface area contributed by atoms with Crippen LogP contribution in [0, 0.1) is 25.2 Å². The van der Waals surface area contributed by atoms with Gasteiger partial charge in [0.05, 0.1) is 13.2 Å². The molecular formula is C14H19NO. The average molecular weight is 217 g/mol. The number of aryl methyl sites for hydroxylation is 2. The van der Waals surface area contributed by atoms with Crippen molar-refractivity contribution in [2.45, 2.75) is 39.5 Å². The highest BCUT2D eigenvalue weighted by Crippen LogP contribution is 2.25. The lowest BCUT2D eigenvalue weighted by Gasteiger charge is -2.12. The van der Waals surface area contributed by atoms with Crippen LogP contribution in [0.3, 0.4) is 0 Å². The lowest BCUT2D eigenvalue weighted by Crippen LogP contribution is -1.97. The summed E-state index contributed by atoms with van der Waals surface area (Å²) >= 11 is 0. The molecule has 0 saturated carbocycles. The molecule has 0 bridgehead atoms. The van der Waals surface area contributed by atoms with Crippen molar-refractivity contribution in [2.75, 3.05) is 7.11 Å². The van der Waals surface area contributed by atoms with Gasteiger partial charge in [0.15, 0.2) is 0 Å². The summed E-state index contributed by atoms with van der Waals surface area (Å²) in [4.78, 5) is 0. The van der Waals surface area contributed by atoms with Crippen LogP contribution in [0.5, 0.6) is 5.75 Å². The molecule has 0 aliphatic rings. The van der Waals surface area contributed by atoms with E-state index in [4.69, 9.17) is 10.00 Å². The number of methoxy groups -OCH3 is 1. The zero-order valence-corrected chi connectivity index (χ0v) is 10.3. The summed E-state index contributed by atoms with van der Waals surface area (Å²) in [5.74, 6) is 0.981. The zero-order chi connectivity index (χ0) is 12.0. The van der Waals surface area contributed by atoms with Gasteiger partial charge in [0, 0.05) is 6.42 Å². The standard InChI is InChI=1S/C14H19NO/c1-11-9-12(2)13(14(10-11)16-3)7-5-4-6-8-15/h9-10H,4-7H2,1-3H3. The molecular weight excluding hydrogens is 198 g/mol. The second-order valence-electron chi connectivity index (χ2n) is 4.13. The Labute approximate surface area is 97.9 Å². The van der Waals surface area contributed by atoms with Crippen LogP contribution in [0.15, 0.2) is 12.1 Å². The van der Waals surface area contributed by atoms with Crippen LogP contribution >= 0.6 is 0 Å². The normalized spacial score (nSPS) is 9.88. The van der Waals surface area contributed by atoms with Crippen molar-refractivity contribution in [3.8, 4) is 11.8 Å². The molecule has 1 aromatic rings. The largest absolute Gasteiger partial charge is 0.496 e. The van der Waals surface area contributed by atoms with Crippen molar-refractivity contribution < 1.29 is 4.74 Å². The van der Waals surface area contributed by atoms with Gasteiger partial charge >= 0.3 is 0 Å². The molecule has 2 nitrogen and oxygen atoms in total. The Balaban J connectivity index is 2.74. The number of benzene rings is 1. The van der Waals surface area contributed by atoms with E-state index in [-0.39, 0.29) is 0 Å². The number of nitriles is 1. The molecule has 1 aromatic carbocycles. The first-order valence-corrected chi connectivity index (χ1v) is 5.70. The van der Waals surface area contributed by atoms with Crippen LogP contribution in [0.2, 0.25) is 0 Å². The third-order valence-electron chi connectivity index (χ3n) is 2.76. The van der Waals surface area contributed by atoms with Gasteiger partial charge in [-0.15, -0.1) is 0 Å². The molecule has 0 saturated heterocycles. The van der Waals surface area contributed by atoms with Gasteiger partial charge in [0.1, 0.15) is 5.75 Å². The third-order valence-corrected chi connectivity index (χ3v) is 2.76. The van der Waals surface area contributed by atoms with Crippen molar-refractivity contribution in [1.82, 2.24) is 0 Å². The van der Waals surface area contributed by atoms with E-state index >= 15 is 0 Å². The van der Waals surface area contributed by atoms with Crippen molar-refractivity contribution in [1.29, 1.82) is 5.26 Å². The first-order chi connectivity index (χ1) is 7.69. The minimum atomic E-state index is 0.646. The lowest BCUT2D eigenvalue weighted by molar-refractivity contribution is 0.408. The first kappa shape index (κ1) is 12.6. The molecule has 0 heterocycles. The van der Waals surface area contributed by atoms with Gasteiger partial charge in [-0.25, -0.2) is 0 Å². The van der Waals surface area contributed by atoms with Crippen LogP contribution in [-0.2, 0) is 6.42 Å². The predicted molar refractivity (Wildman–Crippen MR) is 65.6 cm³/mol. The molecule has 0 aromatic heterocycles. The van der Waals surface area contributed by atoms with E-state index in [0.29, 0.717) is 6.42 Å². The Morgan fingerprint density at radius 2 is 2.00 bits per heavy atom. The first-order valence-electron chi connectivity index (χ1n) is 5.70. The van der Waals surface area contributed by atoms with E-state index in [2.05, 4.69) is 32.0 Å². The monoisotopic (exact) mass is 217 g/mol. The van der Waals surface area contributed by atoms with Crippen LogP contribution in [0.4, 0.5) is 0 Å². The van der Waals surface area contributed by atoms with Gasteiger partial charge in [-0.05, 0) is 55.9 Å². The second kappa shape index (κ2) is 6.17. The average Bonchev–Trinajstić information content (AvgIpc) is 2.26. The number of hydrogen-bond acceptors (Lipinski definition) is 2. The summed E-state index contributed by atoms with van der Waals surface area (Å²) in [6.45, 7) is 4.20. The predicted octanol–water partition coefficient (Wildman–Crippen LogP) is 3.55. The fourth-order valence-corrected chi connectivity index (χ4v) is 1.97. The number of ether oxygens (including phenoxy) is 1. The summed E-state index contributed by atoms with van der Waals surface area (Å²) in [6.07, 6.45) is 3.66. The molecule has 2 heteroatoms. The molecule has 0 aliphatic carbocycles. The Kier molecular flexibility index (Phi) is 4.85. The topological polar surface area (TPSA) is 33.0 Å². The molecule has 16 heavy (non-hydrogen) atoms. The van der Waals surface area contributed by atoms with E-state index in [1.165, 1.54) is 16.7 Å². The summed E-state index contributed by atoms with van der Waals surface area (Å²) in [7, 11) is 1.72. The van der Waals surface area contributed by atoms with E-state index in [1.54, 1.807) is 7.11 Å². The molecule has 0 spiro atoms. The smallest absolute Gasteiger partial charge is 0.122 e. The molecule has 0 fully saturated rings. The van der Waals surface area contributed by atoms with Gasteiger partial charge in [-0.1, -0.05) is 6.07 Å². The van der Waals surface area contributed by atoms with E-state index < -0.39 is 0 Å².